The minimum atomic E-state index is -0.462. The molecule has 2 rings (SSSR count). The highest BCUT2D eigenvalue weighted by Gasteiger charge is 2.20. The zero-order valence-electron chi connectivity index (χ0n) is 12.3. The van der Waals surface area contributed by atoms with Gasteiger partial charge in [0.15, 0.2) is 0 Å². The normalized spacial score (nSPS) is 15.4. The predicted octanol–water partition coefficient (Wildman–Crippen LogP) is 0.414. The molecule has 22 heavy (non-hydrogen) atoms. The molecule has 0 saturated carbocycles. The number of hydrogen-bond acceptors (Lipinski definition) is 6. The van der Waals surface area contributed by atoms with Gasteiger partial charge in [-0.25, -0.2) is 4.98 Å². The molecule has 1 aromatic heterocycles. The zero-order chi connectivity index (χ0) is 15.9. The fourth-order valence-electron chi connectivity index (χ4n) is 2.25. The van der Waals surface area contributed by atoms with Gasteiger partial charge >= 0.3 is 0 Å². The van der Waals surface area contributed by atoms with Crippen molar-refractivity contribution in [3.05, 3.63) is 41.1 Å². The Kier molecular flexibility index (Phi) is 5.42. The first-order chi connectivity index (χ1) is 10.6. The molecule has 8 nitrogen and oxygen atoms in total. The van der Waals surface area contributed by atoms with Gasteiger partial charge in [0.25, 0.3) is 5.69 Å². The van der Waals surface area contributed by atoms with Crippen molar-refractivity contribution in [3.8, 4) is 0 Å². The third-order valence-electron chi connectivity index (χ3n) is 3.45. The van der Waals surface area contributed by atoms with Gasteiger partial charge in [-0.1, -0.05) is 6.08 Å². The molecular weight excluding hydrogens is 286 g/mol. The molecule has 1 amide bonds. The molecule has 0 radical (unpaired) electrons. The van der Waals surface area contributed by atoms with Crippen molar-refractivity contribution >= 4 is 17.4 Å². The van der Waals surface area contributed by atoms with Gasteiger partial charge in [0.2, 0.25) is 5.91 Å². The topological polar surface area (TPSA) is 91.6 Å². The summed E-state index contributed by atoms with van der Waals surface area (Å²) in [5.74, 6) is 0.711. The molecule has 8 heteroatoms. The average Bonchev–Trinajstić information content (AvgIpc) is 2.54. The Balaban J connectivity index is 1.82. The summed E-state index contributed by atoms with van der Waals surface area (Å²) in [6.45, 7) is 7.38. The maximum atomic E-state index is 11.6. The predicted molar refractivity (Wildman–Crippen MR) is 82.8 cm³/mol. The lowest BCUT2D eigenvalue weighted by Crippen LogP contribution is -2.49. The van der Waals surface area contributed by atoms with Gasteiger partial charge in [0.05, 0.1) is 11.5 Å². The second-order valence-electron chi connectivity index (χ2n) is 4.99. The van der Waals surface area contributed by atoms with Crippen LogP contribution in [-0.4, -0.2) is 60.0 Å². The maximum absolute atomic E-state index is 11.6. The summed E-state index contributed by atoms with van der Waals surface area (Å²) in [5, 5.41) is 13.4. The van der Waals surface area contributed by atoms with Gasteiger partial charge < -0.3 is 10.2 Å². The van der Waals surface area contributed by atoms with Crippen LogP contribution in [0.2, 0.25) is 0 Å². The monoisotopic (exact) mass is 305 g/mol. The van der Waals surface area contributed by atoms with Gasteiger partial charge in [-0.2, -0.15) is 0 Å². The SMILES string of the molecule is C=CCNC(=O)CN1CCN(c2ccc([N+](=O)[O-])cn2)CC1. The van der Waals surface area contributed by atoms with Crippen LogP contribution in [0.3, 0.4) is 0 Å². The van der Waals surface area contributed by atoms with E-state index in [1.54, 1.807) is 12.1 Å². The number of aromatic nitrogens is 1. The first-order valence-corrected chi connectivity index (χ1v) is 7.05. The first-order valence-electron chi connectivity index (χ1n) is 7.05. The molecule has 1 N–H and O–H groups in total. The van der Waals surface area contributed by atoms with Crippen LogP contribution in [0, 0.1) is 10.1 Å². The highest BCUT2D eigenvalue weighted by Crippen LogP contribution is 2.17. The number of pyridine rings is 1. The molecule has 1 fully saturated rings. The van der Waals surface area contributed by atoms with E-state index in [2.05, 4.69) is 26.7 Å². The number of hydrogen-bond donors (Lipinski definition) is 1. The largest absolute Gasteiger partial charge is 0.354 e. The molecule has 2 heterocycles. The number of anilines is 1. The van der Waals surface area contributed by atoms with Crippen molar-refractivity contribution in [3.63, 3.8) is 0 Å². The molecule has 1 aliphatic heterocycles. The van der Waals surface area contributed by atoms with Gasteiger partial charge in [0, 0.05) is 38.8 Å². The lowest BCUT2D eigenvalue weighted by Gasteiger charge is -2.34. The Morgan fingerprint density at radius 1 is 1.41 bits per heavy atom. The van der Waals surface area contributed by atoms with Gasteiger partial charge in [-0.3, -0.25) is 19.8 Å². The maximum Gasteiger partial charge on any atom is 0.287 e. The molecule has 0 aliphatic carbocycles. The Morgan fingerprint density at radius 2 is 2.14 bits per heavy atom. The highest BCUT2D eigenvalue weighted by molar-refractivity contribution is 5.78. The van der Waals surface area contributed by atoms with Crippen LogP contribution >= 0.6 is 0 Å². The molecule has 0 aromatic carbocycles. The fraction of sp³-hybridized carbons (Fsp3) is 0.429. The van der Waals surface area contributed by atoms with E-state index in [1.807, 2.05) is 0 Å². The summed E-state index contributed by atoms with van der Waals surface area (Å²) >= 11 is 0. The summed E-state index contributed by atoms with van der Waals surface area (Å²) in [4.78, 5) is 30.0. The standard InChI is InChI=1S/C14H19N5O3/c1-2-5-15-14(20)11-17-6-8-18(9-7-17)13-4-3-12(10-16-13)19(21)22/h2-4,10H,1,5-9,11H2,(H,15,20). The van der Waals surface area contributed by atoms with Crippen molar-refractivity contribution in [1.82, 2.24) is 15.2 Å². The van der Waals surface area contributed by atoms with Crippen LogP contribution in [0.5, 0.6) is 0 Å². The van der Waals surface area contributed by atoms with E-state index in [0.29, 0.717) is 13.1 Å². The van der Waals surface area contributed by atoms with E-state index < -0.39 is 4.92 Å². The Labute approximate surface area is 128 Å². The van der Waals surface area contributed by atoms with Gasteiger partial charge in [-0.15, -0.1) is 6.58 Å². The lowest BCUT2D eigenvalue weighted by atomic mass is 10.3. The van der Waals surface area contributed by atoms with Crippen molar-refractivity contribution in [2.75, 3.05) is 44.2 Å². The fourth-order valence-corrected chi connectivity index (χ4v) is 2.25. The number of nitro groups is 1. The summed E-state index contributed by atoms with van der Waals surface area (Å²) in [7, 11) is 0. The quantitative estimate of drug-likeness (QED) is 0.465. The smallest absolute Gasteiger partial charge is 0.287 e. The van der Waals surface area contributed by atoms with Crippen LogP contribution in [-0.2, 0) is 4.79 Å². The number of carbonyl (C=O) groups excluding carboxylic acids is 1. The Hall–Kier alpha value is -2.48. The summed E-state index contributed by atoms with van der Waals surface area (Å²) in [6.07, 6.45) is 2.92. The minimum Gasteiger partial charge on any atom is -0.354 e. The number of rotatable bonds is 6. The number of piperazine rings is 1. The third kappa shape index (κ3) is 4.26. The van der Waals surface area contributed by atoms with E-state index in [-0.39, 0.29) is 11.6 Å². The molecule has 118 valence electrons. The molecule has 0 spiro atoms. The molecule has 1 saturated heterocycles. The molecular formula is C14H19N5O3. The number of amides is 1. The van der Waals surface area contributed by atoms with E-state index in [1.165, 1.54) is 12.3 Å². The van der Waals surface area contributed by atoms with E-state index in [4.69, 9.17) is 0 Å². The van der Waals surface area contributed by atoms with E-state index >= 15 is 0 Å². The highest BCUT2D eigenvalue weighted by atomic mass is 16.6. The Morgan fingerprint density at radius 3 is 2.68 bits per heavy atom. The third-order valence-corrected chi connectivity index (χ3v) is 3.45. The van der Waals surface area contributed by atoms with Crippen LogP contribution in [0.4, 0.5) is 11.5 Å². The second kappa shape index (κ2) is 7.51. The van der Waals surface area contributed by atoms with E-state index in [9.17, 15) is 14.9 Å². The second-order valence-corrected chi connectivity index (χ2v) is 4.99. The van der Waals surface area contributed by atoms with Gasteiger partial charge in [-0.05, 0) is 6.07 Å². The molecule has 0 atom stereocenters. The molecule has 1 aliphatic rings. The van der Waals surface area contributed by atoms with Crippen molar-refractivity contribution in [2.45, 2.75) is 0 Å². The minimum absolute atomic E-state index is 0.0122. The van der Waals surface area contributed by atoms with Crippen molar-refractivity contribution in [1.29, 1.82) is 0 Å². The van der Waals surface area contributed by atoms with Crippen LogP contribution in [0.15, 0.2) is 31.0 Å². The summed E-state index contributed by atoms with van der Waals surface area (Å²) in [6, 6.07) is 3.11. The number of carbonyl (C=O) groups is 1. The summed E-state index contributed by atoms with van der Waals surface area (Å²) < 4.78 is 0. The molecule has 1 aromatic rings. The first kappa shape index (κ1) is 15.9. The molecule has 0 unspecified atom stereocenters. The van der Waals surface area contributed by atoms with E-state index in [0.717, 1.165) is 32.0 Å². The molecule has 0 bridgehead atoms. The lowest BCUT2D eigenvalue weighted by molar-refractivity contribution is -0.385. The van der Waals surface area contributed by atoms with Crippen LogP contribution in [0.25, 0.3) is 0 Å². The number of nitrogens with one attached hydrogen (secondary N) is 1. The average molecular weight is 305 g/mol. The van der Waals surface area contributed by atoms with Crippen LogP contribution in [0.1, 0.15) is 0 Å². The van der Waals surface area contributed by atoms with Gasteiger partial charge in [0.1, 0.15) is 12.0 Å². The zero-order valence-corrected chi connectivity index (χ0v) is 12.3. The van der Waals surface area contributed by atoms with Crippen LogP contribution < -0.4 is 10.2 Å². The number of nitrogens with zero attached hydrogens (tertiary/aromatic N) is 4. The van der Waals surface area contributed by atoms with Crippen molar-refractivity contribution in [2.24, 2.45) is 0 Å². The van der Waals surface area contributed by atoms with Crippen molar-refractivity contribution < 1.29 is 9.72 Å². The Bertz CT molecular complexity index is 538. The summed E-state index contributed by atoms with van der Waals surface area (Å²) in [5.41, 5.74) is -0.0127.